The number of aliphatic hydroxyl groups is 1. The number of hydrogen-bond acceptors (Lipinski definition) is 4. The minimum Gasteiger partial charge on any atom is -0.497 e. The molecule has 0 bridgehead atoms. The second kappa shape index (κ2) is 7.74. The van der Waals surface area contributed by atoms with Gasteiger partial charge in [-0.25, -0.2) is 0 Å². The van der Waals surface area contributed by atoms with Gasteiger partial charge in [0.15, 0.2) is 0 Å². The molecule has 1 atom stereocenters. The van der Waals surface area contributed by atoms with Crippen LogP contribution in [0.25, 0.3) is 0 Å². The first-order chi connectivity index (χ1) is 9.12. The fraction of sp³-hybridized carbons (Fsp3) is 0.571. The number of hydrogen-bond donors (Lipinski definition) is 2. The fourth-order valence-electron chi connectivity index (χ4n) is 1.95. The highest BCUT2D eigenvalue weighted by atomic mass is 16.5. The van der Waals surface area contributed by atoms with Crippen LogP contribution in [0.15, 0.2) is 18.3 Å². The molecule has 0 aromatic carbocycles. The van der Waals surface area contributed by atoms with Gasteiger partial charge < -0.3 is 15.2 Å². The average molecular weight is 266 g/mol. The molecule has 0 radical (unpaired) electrons. The number of carbonyl (C=O) groups excluding carboxylic acids is 1. The van der Waals surface area contributed by atoms with Gasteiger partial charge in [0.2, 0.25) is 0 Å². The lowest BCUT2D eigenvalue weighted by Crippen LogP contribution is -2.36. The van der Waals surface area contributed by atoms with Gasteiger partial charge in [-0.15, -0.1) is 0 Å². The van der Waals surface area contributed by atoms with Crippen LogP contribution in [0.5, 0.6) is 5.75 Å². The first-order valence-electron chi connectivity index (χ1n) is 6.58. The van der Waals surface area contributed by atoms with E-state index in [2.05, 4.69) is 10.3 Å². The maximum absolute atomic E-state index is 11.9. The second-order valence-corrected chi connectivity index (χ2v) is 4.43. The molecule has 1 amide bonds. The summed E-state index contributed by atoms with van der Waals surface area (Å²) in [5, 5.41) is 12.6. The molecule has 106 valence electrons. The zero-order valence-corrected chi connectivity index (χ0v) is 11.7. The lowest BCUT2D eigenvalue weighted by molar-refractivity contribution is 0.0813. The molecule has 5 heteroatoms. The Morgan fingerprint density at radius 3 is 2.74 bits per heavy atom. The van der Waals surface area contributed by atoms with E-state index in [0.29, 0.717) is 5.75 Å². The van der Waals surface area contributed by atoms with E-state index >= 15 is 0 Å². The van der Waals surface area contributed by atoms with Gasteiger partial charge in [-0.2, -0.15) is 0 Å². The number of amides is 1. The molecule has 1 heterocycles. The van der Waals surface area contributed by atoms with Crippen LogP contribution in [0.1, 0.15) is 37.2 Å². The topological polar surface area (TPSA) is 71.5 Å². The molecule has 1 aromatic heterocycles. The van der Waals surface area contributed by atoms with Crippen molar-refractivity contribution in [2.45, 2.75) is 32.8 Å². The Balaban J connectivity index is 2.55. The molecule has 0 saturated carbocycles. The van der Waals surface area contributed by atoms with Gasteiger partial charge in [-0.1, -0.05) is 26.7 Å². The van der Waals surface area contributed by atoms with Crippen molar-refractivity contribution in [1.82, 2.24) is 10.3 Å². The van der Waals surface area contributed by atoms with Gasteiger partial charge in [0.05, 0.1) is 13.2 Å². The first-order valence-corrected chi connectivity index (χ1v) is 6.58. The van der Waals surface area contributed by atoms with Crippen molar-refractivity contribution in [3.63, 3.8) is 0 Å². The van der Waals surface area contributed by atoms with Crippen molar-refractivity contribution < 1.29 is 14.6 Å². The molecule has 19 heavy (non-hydrogen) atoms. The number of ether oxygens (including phenoxy) is 1. The molecule has 0 aliphatic carbocycles. The summed E-state index contributed by atoms with van der Waals surface area (Å²) >= 11 is 0. The Labute approximate surface area is 114 Å². The zero-order chi connectivity index (χ0) is 14.3. The van der Waals surface area contributed by atoms with Crippen LogP contribution < -0.4 is 10.1 Å². The van der Waals surface area contributed by atoms with Crippen LogP contribution in [-0.2, 0) is 0 Å². The molecule has 0 spiro atoms. The lowest BCUT2D eigenvalue weighted by Gasteiger charge is -2.20. The molecular formula is C14H22N2O3. The number of aromatic nitrogens is 1. The van der Waals surface area contributed by atoms with Crippen LogP contribution in [0.2, 0.25) is 0 Å². The molecule has 5 nitrogen and oxygen atoms in total. The third kappa shape index (κ3) is 4.52. The Morgan fingerprint density at radius 2 is 2.16 bits per heavy atom. The Morgan fingerprint density at radius 1 is 1.47 bits per heavy atom. The van der Waals surface area contributed by atoms with Gasteiger partial charge in [0.1, 0.15) is 11.4 Å². The maximum atomic E-state index is 11.9. The van der Waals surface area contributed by atoms with E-state index in [0.717, 1.165) is 12.8 Å². The molecule has 2 N–H and O–H groups in total. The number of methoxy groups -OCH3 is 1. The number of nitrogens with one attached hydrogen (secondary N) is 1. The molecule has 0 fully saturated rings. The highest BCUT2D eigenvalue weighted by molar-refractivity contribution is 5.92. The normalized spacial score (nSPS) is 12.3. The van der Waals surface area contributed by atoms with Gasteiger partial charge >= 0.3 is 0 Å². The van der Waals surface area contributed by atoms with E-state index in [1.807, 2.05) is 13.8 Å². The van der Waals surface area contributed by atoms with Crippen molar-refractivity contribution in [3.8, 4) is 5.75 Å². The largest absolute Gasteiger partial charge is 0.497 e. The van der Waals surface area contributed by atoms with Crippen LogP contribution in [0, 0.1) is 5.92 Å². The van der Waals surface area contributed by atoms with Crippen molar-refractivity contribution in [2.75, 3.05) is 13.7 Å². The van der Waals surface area contributed by atoms with E-state index < -0.39 is 6.10 Å². The van der Waals surface area contributed by atoms with Crippen molar-refractivity contribution in [1.29, 1.82) is 0 Å². The van der Waals surface area contributed by atoms with Crippen molar-refractivity contribution in [3.05, 3.63) is 24.0 Å². The summed E-state index contributed by atoms with van der Waals surface area (Å²) in [6.07, 6.45) is 2.78. The molecule has 1 unspecified atom stereocenters. The summed E-state index contributed by atoms with van der Waals surface area (Å²) < 4.78 is 5.03. The van der Waals surface area contributed by atoms with Gasteiger partial charge in [-0.3, -0.25) is 9.78 Å². The summed E-state index contributed by atoms with van der Waals surface area (Å²) in [5.74, 6) is 0.489. The molecule has 1 aromatic rings. The summed E-state index contributed by atoms with van der Waals surface area (Å²) in [7, 11) is 1.54. The van der Waals surface area contributed by atoms with Crippen molar-refractivity contribution in [2.24, 2.45) is 5.92 Å². The number of aliphatic hydroxyl groups excluding tert-OH is 1. The Bertz CT molecular complexity index is 405. The molecule has 0 aliphatic rings. The summed E-state index contributed by atoms with van der Waals surface area (Å²) in [4.78, 5) is 15.9. The van der Waals surface area contributed by atoms with Gasteiger partial charge in [-0.05, 0) is 12.0 Å². The van der Waals surface area contributed by atoms with Crippen molar-refractivity contribution >= 4 is 5.91 Å². The first kappa shape index (κ1) is 15.4. The van der Waals surface area contributed by atoms with E-state index in [-0.39, 0.29) is 24.1 Å². The quantitative estimate of drug-likeness (QED) is 0.786. The Hall–Kier alpha value is -1.62. The average Bonchev–Trinajstić information content (AvgIpc) is 2.46. The second-order valence-electron chi connectivity index (χ2n) is 4.43. The minimum atomic E-state index is -0.524. The zero-order valence-electron chi connectivity index (χ0n) is 11.7. The molecule has 1 rings (SSSR count). The number of carbonyl (C=O) groups is 1. The standard InChI is InChI=1S/C14H22N2O3/c1-4-10(5-2)13(17)9-16-14(18)12-8-11(19-3)6-7-15-12/h6-8,10,13,17H,4-5,9H2,1-3H3,(H,16,18). The number of pyridine rings is 1. The summed E-state index contributed by atoms with van der Waals surface area (Å²) in [5.41, 5.74) is 0.288. The monoisotopic (exact) mass is 266 g/mol. The van der Waals surface area contributed by atoms with Gasteiger partial charge in [0.25, 0.3) is 5.91 Å². The summed E-state index contributed by atoms with van der Waals surface area (Å²) in [6.45, 7) is 4.30. The predicted octanol–water partition coefficient (Wildman–Crippen LogP) is 1.62. The maximum Gasteiger partial charge on any atom is 0.270 e. The van der Waals surface area contributed by atoms with Crippen LogP contribution in [-0.4, -0.2) is 35.8 Å². The summed E-state index contributed by atoms with van der Waals surface area (Å²) in [6, 6.07) is 3.24. The van der Waals surface area contributed by atoms with E-state index in [9.17, 15) is 9.90 Å². The van der Waals surface area contributed by atoms with Crippen LogP contribution >= 0.6 is 0 Å². The number of rotatable bonds is 7. The third-order valence-corrected chi connectivity index (χ3v) is 3.26. The van der Waals surface area contributed by atoms with Gasteiger partial charge in [0, 0.05) is 18.8 Å². The van der Waals surface area contributed by atoms with E-state index in [1.54, 1.807) is 12.1 Å². The molecule has 0 aliphatic heterocycles. The lowest BCUT2D eigenvalue weighted by atomic mass is 9.96. The molecular weight excluding hydrogens is 244 g/mol. The Kier molecular flexibility index (Phi) is 6.29. The SMILES string of the molecule is CCC(CC)C(O)CNC(=O)c1cc(OC)ccn1. The van der Waals surface area contributed by atoms with E-state index in [1.165, 1.54) is 13.3 Å². The highest BCUT2D eigenvalue weighted by Crippen LogP contribution is 2.13. The third-order valence-electron chi connectivity index (χ3n) is 3.26. The van der Waals surface area contributed by atoms with E-state index in [4.69, 9.17) is 4.74 Å². The smallest absolute Gasteiger partial charge is 0.270 e. The highest BCUT2D eigenvalue weighted by Gasteiger charge is 2.17. The fourth-order valence-corrected chi connectivity index (χ4v) is 1.95. The van der Waals surface area contributed by atoms with Crippen LogP contribution in [0.4, 0.5) is 0 Å². The minimum absolute atomic E-state index is 0.207. The number of nitrogens with zero attached hydrogens (tertiary/aromatic N) is 1. The molecule has 0 saturated heterocycles. The van der Waals surface area contributed by atoms with Crippen LogP contribution in [0.3, 0.4) is 0 Å². The predicted molar refractivity (Wildman–Crippen MR) is 73.2 cm³/mol.